The number of benzene rings is 2. The van der Waals surface area contributed by atoms with Crippen molar-refractivity contribution in [3.63, 3.8) is 0 Å². The van der Waals surface area contributed by atoms with Crippen LogP contribution in [0, 0.1) is 6.92 Å². The Morgan fingerprint density at radius 1 is 1.08 bits per heavy atom. The summed E-state index contributed by atoms with van der Waals surface area (Å²) in [6.07, 6.45) is 0. The number of ether oxygens (including phenoxy) is 1. The molecule has 132 valence electrons. The lowest BCUT2D eigenvalue weighted by molar-refractivity contribution is 0.0527. The summed E-state index contributed by atoms with van der Waals surface area (Å²) in [6, 6.07) is 16.1. The Bertz CT molecular complexity index is 935. The number of aromatic nitrogens is 3. The lowest BCUT2D eigenvalue weighted by atomic mass is 10.1. The molecule has 0 saturated heterocycles. The predicted octanol–water partition coefficient (Wildman–Crippen LogP) is 3.00. The minimum atomic E-state index is -0.493. The maximum absolute atomic E-state index is 12.6. The Morgan fingerprint density at radius 2 is 1.77 bits per heavy atom. The molecule has 3 aromatic rings. The first-order valence-electron chi connectivity index (χ1n) is 8.17. The van der Waals surface area contributed by atoms with Gasteiger partial charge in [-0.1, -0.05) is 35.5 Å². The van der Waals surface area contributed by atoms with E-state index >= 15 is 0 Å². The number of carbonyl (C=O) groups is 2. The molecule has 1 aromatic heterocycles. The molecular formula is C19H18N4O3. The van der Waals surface area contributed by atoms with E-state index in [2.05, 4.69) is 15.6 Å². The molecule has 0 fully saturated rings. The fraction of sp³-hybridized carbons (Fsp3) is 0.158. The first kappa shape index (κ1) is 17.3. The van der Waals surface area contributed by atoms with Crippen molar-refractivity contribution in [3.8, 4) is 5.69 Å². The number of rotatable bonds is 5. The highest BCUT2D eigenvalue weighted by Gasteiger charge is 2.20. The second-order valence-corrected chi connectivity index (χ2v) is 5.49. The first-order chi connectivity index (χ1) is 12.6. The van der Waals surface area contributed by atoms with E-state index in [-0.39, 0.29) is 17.9 Å². The van der Waals surface area contributed by atoms with Crippen LogP contribution in [0.25, 0.3) is 5.69 Å². The number of carbonyl (C=O) groups excluding carboxylic acids is 2. The van der Waals surface area contributed by atoms with Crippen molar-refractivity contribution < 1.29 is 14.3 Å². The Kier molecular flexibility index (Phi) is 5.07. The summed E-state index contributed by atoms with van der Waals surface area (Å²) in [5.74, 6) is -0.936. The third-order valence-electron chi connectivity index (χ3n) is 3.78. The Morgan fingerprint density at radius 3 is 2.50 bits per heavy atom. The summed E-state index contributed by atoms with van der Waals surface area (Å²) in [4.78, 5) is 24.7. The molecule has 0 saturated carbocycles. The normalized spacial score (nSPS) is 10.4. The van der Waals surface area contributed by atoms with Crippen LogP contribution in [-0.2, 0) is 4.74 Å². The van der Waals surface area contributed by atoms with E-state index in [0.717, 1.165) is 5.69 Å². The van der Waals surface area contributed by atoms with Crippen LogP contribution in [0.4, 0.5) is 5.69 Å². The minimum Gasteiger partial charge on any atom is -0.462 e. The van der Waals surface area contributed by atoms with Gasteiger partial charge in [0.2, 0.25) is 0 Å². The quantitative estimate of drug-likeness (QED) is 0.715. The minimum absolute atomic E-state index is 0.188. The van der Waals surface area contributed by atoms with E-state index in [4.69, 9.17) is 4.74 Å². The molecule has 1 amide bonds. The molecule has 0 unspecified atom stereocenters. The molecular weight excluding hydrogens is 332 g/mol. The zero-order valence-electron chi connectivity index (χ0n) is 14.5. The van der Waals surface area contributed by atoms with E-state index < -0.39 is 11.9 Å². The van der Waals surface area contributed by atoms with Gasteiger partial charge in [0, 0.05) is 0 Å². The summed E-state index contributed by atoms with van der Waals surface area (Å²) < 4.78 is 6.61. The van der Waals surface area contributed by atoms with Crippen molar-refractivity contribution in [2.24, 2.45) is 0 Å². The summed E-state index contributed by atoms with van der Waals surface area (Å²) in [5.41, 5.74) is 2.25. The van der Waals surface area contributed by atoms with Crippen LogP contribution in [0.5, 0.6) is 0 Å². The van der Waals surface area contributed by atoms with Crippen LogP contribution in [0.2, 0.25) is 0 Å². The van der Waals surface area contributed by atoms with E-state index in [9.17, 15) is 9.59 Å². The molecule has 0 spiro atoms. The van der Waals surface area contributed by atoms with Crippen molar-refractivity contribution in [3.05, 3.63) is 71.5 Å². The van der Waals surface area contributed by atoms with E-state index in [1.54, 1.807) is 42.8 Å². The molecule has 0 bridgehead atoms. The number of nitrogens with zero attached hydrogens (tertiary/aromatic N) is 3. The van der Waals surface area contributed by atoms with Gasteiger partial charge in [-0.05, 0) is 38.1 Å². The fourth-order valence-electron chi connectivity index (χ4n) is 2.51. The third kappa shape index (κ3) is 3.46. The SMILES string of the molecule is CCOC(=O)c1ccccc1NC(=O)c1nnn(-c2ccccc2)c1C. The highest BCUT2D eigenvalue weighted by Crippen LogP contribution is 2.18. The van der Waals surface area contributed by atoms with Gasteiger partial charge in [0.05, 0.1) is 29.2 Å². The lowest BCUT2D eigenvalue weighted by Gasteiger charge is -2.09. The Balaban J connectivity index is 1.86. The molecule has 0 radical (unpaired) electrons. The second-order valence-electron chi connectivity index (χ2n) is 5.49. The molecule has 3 rings (SSSR count). The Hall–Kier alpha value is -3.48. The molecule has 0 aliphatic carbocycles. The predicted molar refractivity (Wildman–Crippen MR) is 96.4 cm³/mol. The average Bonchev–Trinajstić information content (AvgIpc) is 3.04. The summed E-state index contributed by atoms with van der Waals surface area (Å²) in [5, 5.41) is 10.7. The molecule has 0 atom stereocenters. The lowest BCUT2D eigenvalue weighted by Crippen LogP contribution is -2.17. The van der Waals surface area contributed by atoms with Crippen LogP contribution in [0.1, 0.15) is 33.5 Å². The van der Waals surface area contributed by atoms with Crippen molar-refractivity contribution >= 4 is 17.6 Å². The largest absolute Gasteiger partial charge is 0.462 e. The van der Waals surface area contributed by atoms with Gasteiger partial charge in [0.1, 0.15) is 0 Å². The summed E-state index contributed by atoms with van der Waals surface area (Å²) >= 11 is 0. The van der Waals surface area contributed by atoms with Crippen LogP contribution in [0.3, 0.4) is 0 Å². The maximum Gasteiger partial charge on any atom is 0.340 e. The number of hydrogen-bond acceptors (Lipinski definition) is 5. The van der Waals surface area contributed by atoms with Crippen molar-refractivity contribution in [2.45, 2.75) is 13.8 Å². The standard InChI is InChI=1S/C19H18N4O3/c1-3-26-19(25)15-11-7-8-12-16(15)20-18(24)17-13(2)23(22-21-17)14-9-5-4-6-10-14/h4-12H,3H2,1-2H3,(H,20,24). The smallest absolute Gasteiger partial charge is 0.340 e. The number of esters is 1. The van der Waals surface area contributed by atoms with Gasteiger partial charge in [-0.25, -0.2) is 9.48 Å². The average molecular weight is 350 g/mol. The molecule has 0 aliphatic heterocycles. The highest BCUT2D eigenvalue weighted by atomic mass is 16.5. The van der Waals surface area contributed by atoms with Gasteiger partial charge in [0.25, 0.3) is 5.91 Å². The van der Waals surface area contributed by atoms with Crippen LogP contribution in [-0.4, -0.2) is 33.5 Å². The number of amides is 1. The third-order valence-corrected chi connectivity index (χ3v) is 3.78. The zero-order chi connectivity index (χ0) is 18.5. The van der Waals surface area contributed by atoms with Gasteiger partial charge in [0.15, 0.2) is 5.69 Å². The monoisotopic (exact) mass is 350 g/mol. The van der Waals surface area contributed by atoms with Gasteiger partial charge in [-0.15, -0.1) is 5.10 Å². The van der Waals surface area contributed by atoms with Crippen molar-refractivity contribution in [2.75, 3.05) is 11.9 Å². The second kappa shape index (κ2) is 7.60. The molecule has 7 heteroatoms. The van der Waals surface area contributed by atoms with Crippen LogP contribution in [0.15, 0.2) is 54.6 Å². The number of para-hydroxylation sites is 2. The fourth-order valence-corrected chi connectivity index (χ4v) is 2.51. The van der Waals surface area contributed by atoms with Crippen molar-refractivity contribution in [1.82, 2.24) is 15.0 Å². The van der Waals surface area contributed by atoms with Crippen LogP contribution >= 0.6 is 0 Å². The maximum atomic E-state index is 12.6. The van der Waals surface area contributed by atoms with E-state index in [1.165, 1.54) is 0 Å². The number of anilines is 1. The first-order valence-corrected chi connectivity index (χ1v) is 8.17. The summed E-state index contributed by atoms with van der Waals surface area (Å²) in [7, 11) is 0. The van der Waals surface area contributed by atoms with Gasteiger partial charge < -0.3 is 10.1 Å². The van der Waals surface area contributed by atoms with Crippen LogP contribution < -0.4 is 5.32 Å². The molecule has 26 heavy (non-hydrogen) atoms. The van der Waals surface area contributed by atoms with E-state index in [1.807, 2.05) is 30.3 Å². The molecule has 7 nitrogen and oxygen atoms in total. The van der Waals surface area contributed by atoms with Crippen molar-refractivity contribution in [1.29, 1.82) is 0 Å². The molecule has 2 aromatic carbocycles. The summed E-state index contributed by atoms with van der Waals surface area (Å²) in [6.45, 7) is 3.75. The molecule has 1 heterocycles. The number of nitrogens with one attached hydrogen (secondary N) is 1. The highest BCUT2D eigenvalue weighted by molar-refractivity contribution is 6.07. The van der Waals surface area contributed by atoms with Gasteiger partial charge in [-0.2, -0.15) is 0 Å². The Labute approximate surface area is 150 Å². The zero-order valence-corrected chi connectivity index (χ0v) is 14.5. The van der Waals surface area contributed by atoms with Gasteiger partial charge >= 0.3 is 5.97 Å². The molecule has 0 aliphatic rings. The van der Waals surface area contributed by atoms with E-state index in [0.29, 0.717) is 11.4 Å². The van der Waals surface area contributed by atoms with Gasteiger partial charge in [-0.3, -0.25) is 4.79 Å². The number of hydrogen-bond donors (Lipinski definition) is 1. The molecule has 1 N–H and O–H groups in total. The topological polar surface area (TPSA) is 86.1 Å².